The second-order valence-corrected chi connectivity index (χ2v) is 6.72. The molecule has 1 aliphatic rings. The molecule has 0 saturated carbocycles. The van der Waals surface area contributed by atoms with Crippen molar-refractivity contribution in [2.24, 2.45) is 0 Å². The van der Waals surface area contributed by atoms with Crippen LogP contribution in [0.1, 0.15) is 31.0 Å². The van der Waals surface area contributed by atoms with Crippen LogP contribution in [0, 0.1) is 0 Å². The van der Waals surface area contributed by atoms with E-state index in [4.69, 9.17) is 0 Å². The fourth-order valence-electron chi connectivity index (χ4n) is 2.59. The molecule has 0 spiro atoms. The van der Waals surface area contributed by atoms with Crippen LogP contribution in [-0.2, 0) is 10.0 Å². The maximum Gasteiger partial charge on any atom is 0.245 e. The normalized spacial score (nSPS) is 20.9. The quantitative estimate of drug-likeness (QED) is 0.934. The first kappa shape index (κ1) is 13.3. The third-order valence-electron chi connectivity index (χ3n) is 3.58. The molecule has 2 aromatic rings. The molecule has 1 fully saturated rings. The van der Waals surface area contributed by atoms with Gasteiger partial charge in [-0.1, -0.05) is 6.42 Å². The van der Waals surface area contributed by atoms with Crippen molar-refractivity contribution in [1.29, 1.82) is 0 Å². The average Bonchev–Trinajstić information content (AvgIpc) is 3.02. The number of H-pyrrole nitrogens is 1. The number of piperidine rings is 1. The van der Waals surface area contributed by atoms with E-state index in [1.165, 1.54) is 6.20 Å². The van der Waals surface area contributed by atoms with Crippen LogP contribution in [0.4, 0.5) is 0 Å². The molecular weight excluding hydrogens is 276 g/mol. The molecule has 1 atom stereocenters. The zero-order valence-electron chi connectivity index (χ0n) is 10.9. The molecule has 0 bridgehead atoms. The van der Waals surface area contributed by atoms with Crippen molar-refractivity contribution < 1.29 is 8.42 Å². The lowest BCUT2D eigenvalue weighted by Gasteiger charge is -2.33. The number of sulfonamides is 1. The lowest BCUT2D eigenvalue weighted by atomic mass is 10.0. The number of hydrogen-bond donors (Lipinski definition) is 1. The summed E-state index contributed by atoms with van der Waals surface area (Å²) >= 11 is 0. The van der Waals surface area contributed by atoms with Crippen molar-refractivity contribution in [3.8, 4) is 0 Å². The number of nitrogens with one attached hydrogen (secondary N) is 1. The van der Waals surface area contributed by atoms with Crippen molar-refractivity contribution in [3.63, 3.8) is 0 Å². The van der Waals surface area contributed by atoms with E-state index in [-0.39, 0.29) is 10.9 Å². The highest BCUT2D eigenvalue weighted by molar-refractivity contribution is 7.89. The summed E-state index contributed by atoms with van der Waals surface area (Å²) in [6.07, 6.45) is 7.32. The second kappa shape index (κ2) is 5.34. The number of hydrogen-bond acceptors (Lipinski definition) is 4. The van der Waals surface area contributed by atoms with Gasteiger partial charge in [0.1, 0.15) is 4.90 Å². The van der Waals surface area contributed by atoms with E-state index in [2.05, 4.69) is 15.2 Å². The molecule has 1 saturated heterocycles. The molecule has 0 amide bonds. The number of nitrogens with zero attached hydrogens (tertiary/aromatic N) is 3. The van der Waals surface area contributed by atoms with Gasteiger partial charge in [0.15, 0.2) is 0 Å². The number of rotatable bonds is 3. The molecule has 1 N–H and O–H groups in total. The third kappa shape index (κ3) is 2.34. The van der Waals surface area contributed by atoms with Crippen LogP contribution in [0.3, 0.4) is 0 Å². The Morgan fingerprint density at radius 1 is 1.25 bits per heavy atom. The van der Waals surface area contributed by atoms with Crippen molar-refractivity contribution in [2.45, 2.75) is 30.2 Å². The van der Waals surface area contributed by atoms with Crippen LogP contribution in [0.25, 0.3) is 0 Å². The van der Waals surface area contributed by atoms with Crippen LogP contribution in [0.15, 0.2) is 41.7 Å². The van der Waals surface area contributed by atoms with Gasteiger partial charge in [-0.3, -0.25) is 10.1 Å². The highest BCUT2D eigenvalue weighted by atomic mass is 32.2. The first-order chi connectivity index (χ1) is 9.69. The second-order valence-electron chi connectivity index (χ2n) is 4.83. The molecule has 106 valence electrons. The Morgan fingerprint density at radius 3 is 2.85 bits per heavy atom. The summed E-state index contributed by atoms with van der Waals surface area (Å²) < 4.78 is 27.0. The van der Waals surface area contributed by atoms with Gasteiger partial charge in [0.2, 0.25) is 10.0 Å². The van der Waals surface area contributed by atoms with E-state index in [0.717, 1.165) is 25.0 Å². The maximum atomic E-state index is 12.7. The topological polar surface area (TPSA) is 79.0 Å². The van der Waals surface area contributed by atoms with Crippen molar-refractivity contribution in [2.75, 3.05) is 6.54 Å². The Morgan fingerprint density at radius 2 is 2.15 bits per heavy atom. The first-order valence-electron chi connectivity index (χ1n) is 6.61. The SMILES string of the molecule is O=S(=O)(c1cccnc1)N1CCCCC1c1ccn[nH]1. The standard InChI is InChI=1S/C13H16N4O2S/c18-20(19,11-4-3-7-14-10-11)17-9-2-1-5-13(17)12-6-8-15-16-12/h3-4,6-8,10,13H,1-2,5,9H2,(H,15,16). The molecule has 20 heavy (non-hydrogen) atoms. The molecule has 3 heterocycles. The van der Waals surface area contributed by atoms with Crippen LogP contribution in [0.2, 0.25) is 0 Å². The van der Waals surface area contributed by atoms with Gasteiger partial charge in [0.05, 0.1) is 11.7 Å². The van der Waals surface area contributed by atoms with Gasteiger partial charge in [-0.15, -0.1) is 0 Å². The molecular formula is C13H16N4O2S. The Kier molecular flexibility index (Phi) is 3.54. The third-order valence-corrected chi connectivity index (χ3v) is 5.47. The Hall–Kier alpha value is -1.73. The van der Waals surface area contributed by atoms with E-state index in [1.54, 1.807) is 28.8 Å². The zero-order chi connectivity index (χ0) is 14.0. The van der Waals surface area contributed by atoms with Crippen LogP contribution < -0.4 is 0 Å². The van der Waals surface area contributed by atoms with Gasteiger partial charge < -0.3 is 0 Å². The van der Waals surface area contributed by atoms with Crippen molar-refractivity contribution >= 4 is 10.0 Å². The molecule has 3 rings (SSSR count). The average molecular weight is 292 g/mol. The van der Waals surface area contributed by atoms with E-state index >= 15 is 0 Å². The molecule has 7 heteroatoms. The van der Waals surface area contributed by atoms with Gasteiger partial charge in [-0.25, -0.2) is 8.42 Å². The van der Waals surface area contributed by atoms with Crippen LogP contribution >= 0.6 is 0 Å². The molecule has 0 aromatic carbocycles. The Balaban J connectivity index is 1.98. The number of aromatic nitrogens is 3. The minimum absolute atomic E-state index is 0.170. The summed E-state index contributed by atoms with van der Waals surface area (Å²) in [6, 6.07) is 4.89. The van der Waals surface area contributed by atoms with Crippen LogP contribution in [-0.4, -0.2) is 34.4 Å². The van der Waals surface area contributed by atoms with E-state index in [0.29, 0.717) is 6.54 Å². The molecule has 1 unspecified atom stereocenters. The van der Waals surface area contributed by atoms with Gasteiger partial charge in [-0.05, 0) is 31.0 Å². The van der Waals surface area contributed by atoms with E-state index in [1.807, 2.05) is 6.07 Å². The summed E-state index contributed by atoms with van der Waals surface area (Å²) in [5, 5.41) is 6.82. The number of aromatic amines is 1. The molecule has 0 aliphatic carbocycles. The Labute approximate surface area is 117 Å². The predicted molar refractivity (Wildman–Crippen MR) is 73.3 cm³/mol. The molecule has 1 aliphatic heterocycles. The van der Waals surface area contributed by atoms with Gasteiger partial charge in [0, 0.05) is 25.1 Å². The maximum absolute atomic E-state index is 12.7. The summed E-state index contributed by atoms with van der Waals surface area (Å²) in [4.78, 5) is 4.15. The summed E-state index contributed by atoms with van der Waals surface area (Å²) in [5.74, 6) is 0. The minimum Gasteiger partial charge on any atom is -0.281 e. The van der Waals surface area contributed by atoms with E-state index < -0.39 is 10.0 Å². The molecule has 6 nitrogen and oxygen atoms in total. The highest BCUT2D eigenvalue weighted by Crippen LogP contribution is 2.34. The lowest BCUT2D eigenvalue weighted by Crippen LogP contribution is -2.38. The zero-order valence-corrected chi connectivity index (χ0v) is 11.8. The largest absolute Gasteiger partial charge is 0.281 e. The molecule has 2 aromatic heterocycles. The van der Waals surface area contributed by atoms with Gasteiger partial charge in [0.25, 0.3) is 0 Å². The van der Waals surface area contributed by atoms with Crippen LogP contribution in [0.5, 0.6) is 0 Å². The van der Waals surface area contributed by atoms with Gasteiger partial charge >= 0.3 is 0 Å². The smallest absolute Gasteiger partial charge is 0.245 e. The fraction of sp³-hybridized carbons (Fsp3) is 0.385. The van der Waals surface area contributed by atoms with Crippen molar-refractivity contribution in [1.82, 2.24) is 19.5 Å². The predicted octanol–water partition coefficient (Wildman–Crippen LogP) is 1.72. The Bertz CT molecular complexity index is 655. The summed E-state index contributed by atoms with van der Waals surface area (Å²) in [5.41, 5.74) is 0.845. The summed E-state index contributed by atoms with van der Waals surface area (Å²) in [6.45, 7) is 0.529. The van der Waals surface area contributed by atoms with Crippen molar-refractivity contribution in [3.05, 3.63) is 42.5 Å². The molecule has 0 radical (unpaired) electrons. The first-order valence-corrected chi connectivity index (χ1v) is 8.05. The number of pyridine rings is 1. The fourth-order valence-corrected chi connectivity index (χ4v) is 4.23. The monoisotopic (exact) mass is 292 g/mol. The summed E-state index contributed by atoms with van der Waals surface area (Å²) in [7, 11) is -3.51. The lowest BCUT2D eigenvalue weighted by molar-refractivity contribution is 0.251. The van der Waals surface area contributed by atoms with E-state index in [9.17, 15) is 8.42 Å². The van der Waals surface area contributed by atoms with Gasteiger partial charge in [-0.2, -0.15) is 9.40 Å². The minimum atomic E-state index is -3.51. The highest BCUT2D eigenvalue weighted by Gasteiger charge is 2.35.